The molecule has 6 heteroatoms. The fourth-order valence-electron chi connectivity index (χ4n) is 2.56. The van der Waals surface area contributed by atoms with E-state index in [2.05, 4.69) is 10.5 Å². The van der Waals surface area contributed by atoms with E-state index in [9.17, 15) is 4.79 Å². The molecule has 0 aromatic heterocycles. The second-order valence-electron chi connectivity index (χ2n) is 5.35. The summed E-state index contributed by atoms with van der Waals surface area (Å²) < 4.78 is 5.45. The van der Waals surface area contributed by atoms with E-state index in [1.165, 1.54) is 0 Å². The first-order chi connectivity index (χ1) is 10.1. The van der Waals surface area contributed by atoms with Crippen LogP contribution in [-0.4, -0.2) is 29.7 Å². The number of nitrogens with zero attached hydrogens (tertiary/aromatic N) is 1. The van der Waals surface area contributed by atoms with E-state index >= 15 is 0 Å². The van der Waals surface area contributed by atoms with Crippen LogP contribution in [0.3, 0.4) is 0 Å². The number of oxime groups is 1. The van der Waals surface area contributed by atoms with Crippen molar-refractivity contribution in [1.29, 1.82) is 0 Å². The molecule has 1 aromatic rings. The highest BCUT2D eigenvalue weighted by Crippen LogP contribution is 2.38. The molecule has 0 saturated heterocycles. The van der Waals surface area contributed by atoms with Gasteiger partial charge in [-0.2, -0.15) is 0 Å². The maximum absolute atomic E-state index is 12.2. The van der Waals surface area contributed by atoms with Gasteiger partial charge >= 0.3 is 0 Å². The van der Waals surface area contributed by atoms with E-state index < -0.39 is 6.04 Å². The molecular formula is C15H21N3O3. The highest BCUT2D eigenvalue weighted by Gasteiger charge is 2.39. The van der Waals surface area contributed by atoms with Crippen LogP contribution in [0, 0.1) is 0 Å². The van der Waals surface area contributed by atoms with Crippen LogP contribution in [0.25, 0.3) is 0 Å². The SMILES string of the molecule is COC1(CC(=O)NC(/C(N)=N/O)c2ccccc2)CCC1. The highest BCUT2D eigenvalue weighted by molar-refractivity contribution is 5.91. The first-order valence-corrected chi connectivity index (χ1v) is 6.97. The Kier molecular flexibility index (Phi) is 4.80. The second-order valence-corrected chi connectivity index (χ2v) is 5.35. The first kappa shape index (κ1) is 15.3. The van der Waals surface area contributed by atoms with Gasteiger partial charge in [-0.05, 0) is 24.8 Å². The Bertz CT molecular complexity index is 507. The summed E-state index contributed by atoms with van der Waals surface area (Å²) in [5, 5.41) is 14.7. The van der Waals surface area contributed by atoms with Gasteiger partial charge in [0.15, 0.2) is 5.84 Å². The monoisotopic (exact) mass is 291 g/mol. The number of hydrogen-bond donors (Lipinski definition) is 3. The smallest absolute Gasteiger partial charge is 0.223 e. The largest absolute Gasteiger partial charge is 0.409 e. The van der Waals surface area contributed by atoms with Crippen molar-refractivity contribution in [2.45, 2.75) is 37.3 Å². The van der Waals surface area contributed by atoms with Crippen LogP contribution in [-0.2, 0) is 9.53 Å². The maximum Gasteiger partial charge on any atom is 0.223 e. The lowest BCUT2D eigenvalue weighted by molar-refractivity contribution is -0.134. The van der Waals surface area contributed by atoms with E-state index in [0.29, 0.717) is 0 Å². The minimum atomic E-state index is -0.641. The van der Waals surface area contributed by atoms with Crippen LogP contribution in [0.2, 0.25) is 0 Å². The molecule has 114 valence electrons. The predicted octanol–water partition coefficient (Wildman–Crippen LogP) is 1.55. The molecular weight excluding hydrogens is 270 g/mol. The van der Waals surface area contributed by atoms with Gasteiger partial charge in [0.2, 0.25) is 5.91 Å². The van der Waals surface area contributed by atoms with Crippen LogP contribution in [0.15, 0.2) is 35.5 Å². The van der Waals surface area contributed by atoms with Gasteiger partial charge in [0.05, 0.1) is 12.0 Å². The third-order valence-electron chi connectivity index (χ3n) is 4.03. The van der Waals surface area contributed by atoms with Crippen molar-refractivity contribution in [3.05, 3.63) is 35.9 Å². The molecule has 0 radical (unpaired) electrons. The molecule has 1 saturated carbocycles. The summed E-state index contributed by atoms with van der Waals surface area (Å²) in [5.41, 5.74) is 6.11. The van der Waals surface area contributed by atoms with Crippen LogP contribution in [0.1, 0.15) is 37.3 Å². The molecule has 21 heavy (non-hydrogen) atoms. The van der Waals surface area contributed by atoms with Gasteiger partial charge in [-0.3, -0.25) is 4.79 Å². The van der Waals surface area contributed by atoms with Crippen LogP contribution >= 0.6 is 0 Å². The number of methoxy groups -OCH3 is 1. The summed E-state index contributed by atoms with van der Waals surface area (Å²) >= 11 is 0. The van der Waals surface area contributed by atoms with E-state index in [1.54, 1.807) is 7.11 Å². The number of nitrogens with two attached hydrogens (primary N) is 1. The number of rotatable bonds is 6. The highest BCUT2D eigenvalue weighted by atomic mass is 16.5. The average molecular weight is 291 g/mol. The van der Waals surface area contributed by atoms with Crippen molar-refractivity contribution in [3.8, 4) is 0 Å². The molecule has 2 rings (SSSR count). The standard InChI is InChI=1S/C15H21N3O3/c1-21-15(8-5-9-15)10-12(19)17-13(14(16)18-20)11-6-3-2-4-7-11/h2-4,6-7,13,20H,5,8-10H2,1H3,(H2,16,18)(H,17,19). The van der Waals surface area contributed by atoms with Gasteiger partial charge < -0.3 is 21.0 Å². The molecule has 0 spiro atoms. The predicted molar refractivity (Wildman–Crippen MR) is 78.9 cm³/mol. The van der Waals surface area contributed by atoms with Crippen LogP contribution in [0.5, 0.6) is 0 Å². The number of ether oxygens (including phenoxy) is 1. The molecule has 1 aromatic carbocycles. The van der Waals surface area contributed by atoms with Gasteiger partial charge in [-0.15, -0.1) is 0 Å². The lowest BCUT2D eigenvalue weighted by Gasteiger charge is -2.40. The van der Waals surface area contributed by atoms with E-state index in [0.717, 1.165) is 24.8 Å². The topological polar surface area (TPSA) is 96.9 Å². The summed E-state index contributed by atoms with van der Waals surface area (Å²) in [6.45, 7) is 0. The Balaban J connectivity index is 2.07. The summed E-state index contributed by atoms with van der Waals surface area (Å²) in [6.07, 6.45) is 3.13. The molecule has 1 aliphatic carbocycles. The molecule has 1 amide bonds. The fourth-order valence-corrected chi connectivity index (χ4v) is 2.56. The van der Waals surface area contributed by atoms with E-state index in [4.69, 9.17) is 15.7 Å². The van der Waals surface area contributed by atoms with Crippen molar-refractivity contribution in [2.24, 2.45) is 10.9 Å². The van der Waals surface area contributed by atoms with E-state index in [-0.39, 0.29) is 23.8 Å². The number of nitrogens with one attached hydrogen (secondary N) is 1. The molecule has 0 bridgehead atoms. The number of amidine groups is 1. The van der Waals surface area contributed by atoms with Crippen molar-refractivity contribution < 1.29 is 14.7 Å². The Labute approximate surface area is 124 Å². The van der Waals surface area contributed by atoms with Gasteiger partial charge in [0.1, 0.15) is 6.04 Å². The number of carbonyl (C=O) groups is 1. The second kappa shape index (κ2) is 6.58. The lowest BCUT2D eigenvalue weighted by atomic mass is 9.77. The number of amides is 1. The van der Waals surface area contributed by atoms with Crippen molar-refractivity contribution in [1.82, 2.24) is 5.32 Å². The Hall–Kier alpha value is -2.08. The zero-order chi connectivity index (χ0) is 15.3. The average Bonchev–Trinajstić information content (AvgIpc) is 2.48. The number of benzene rings is 1. The van der Waals surface area contributed by atoms with Crippen molar-refractivity contribution >= 4 is 11.7 Å². The molecule has 6 nitrogen and oxygen atoms in total. The Morgan fingerprint density at radius 2 is 2.14 bits per heavy atom. The maximum atomic E-state index is 12.2. The molecule has 4 N–H and O–H groups in total. The third-order valence-corrected chi connectivity index (χ3v) is 4.03. The molecule has 1 atom stereocenters. The van der Waals surface area contributed by atoms with Crippen LogP contribution < -0.4 is 11.1 Å². The Morgan fingerprint density at radius 1 is 1.48 bits per heavy atom. The van der Waals surface area contributed by atoms with Gasteiger partial charge in [-0.1, -0.05) is 35.5 Å². The molecule has 0 aliphatic heterocycles. The lowest BCUT2D eigenvalue weighted by Crippen LogP contribution is -2.46. The third kappa shape index (κ3) is 3.52. The summed E-state index contributed by atoms with van der Waals surface area (Å²) in [7, 11) is 1.63. The van der Waals surface area contributed by atoms with Gasteiger partial charge in [0.25, 0.3) is 0 Å². The minimum absolute atomic E-state index is 0.0466. The van der Waals surface area contributed by atoms with Crippen LogP contribution in [0.4, 0.5) is 0 Å². The zero-order valence-electron chi connectivity index (χ0n) is 12.1. The molecule has 1 fully saturated rings. The minimum Gasteiger partial charge on any atom is -0.409 e. The van der Waals surface area contributed by atoms with Gasteiger partial charge in [0, 0.05) is 7.11 Å². The number of carbonyl (C=O) groups excluding carboxylic acids is 1. The van der Waals surface area contributed by atoms with Gasteiger partial charge in [-0.25, -0.2) is 0 Å². The summed E-state index contributed by atoms with van der Waals surface area (Å²) in [5.74, 6) is -0.216. The Morgan fingerprint density at radius 3 is 2.62 bits per heavy atom. The summed E-state index contributed by atoms with van der Waals surface area (Å²) in [4.78, 5) is 12.2. The normalized spacial score (nSPS) is 18.6. The number of hydrogen-bond acceptors (Lipinski definition) is 4. The quantitative estimate of drug-likeness (QED) is 0.320. The molecule has 0 heterocycles. The summed E-state index contributed by atoms with van der Waals surface area (Å²) in [6, 6.07) is 8.53. The first-order valence-electron chi connectivity index (χ1n) is 6.97. The van der Waals surface area contributed by atoms with Crippen molar-refractivity contribution in [2.75, 3.05) is 7.11 Å². The molecule has 1 unspecified atom stereocenters. The molecule has 1 aliphatic rings. The van der Waals surface area contributed by atoms with Crippen molar-refractivity contribution in [3.63, 3.8) is 0 Å². The zero-order valence-corrected chi connectivity index (χ0v) is 12.1. The fraction of sp³-hybridized carbons (Fsp3) is 0.467. The van der Waals surface area contributed by atoms with E-state index in [1.807, 2.05) is 30.3 Å².